The smallest absolute Gasteiger partial charge is 0.263 e. The van der Waals surface area contributed by atoms with Crippen molar-refractivity contribution in [3.8, 4) is 11.3 Å². The van der Waals surface area contributed by atoms with E-state index in [1.165, 1.54) is 11.3 Å². The van der Waals surface area contributed by atoms with Gasteiger partial charge in [0.2, 0.25) is 0 Å². The highest BCUT2D eigenvalue weighted by molar-refractivity contribution is 7.21. The van der Waals surface area contributed by atoms with Gasteiger partial charge in [-0.2, -0.15) is 0 Å². The molecule has 35 heavy (non-hydrogen) atoms. The highest BCUT2D eigenvalue weighted by Crippen LogP contribution is 2.41. The van der Waals surface area contributed by atoms with Crippen LogP contribution in [0.15, 0.2) is 42.5 Å². The van der Waals surface area contributed by atoms with Crippen LogP contribution in [0.3, 0.4) is 0 Å². The number of aliphatic hydroxyl groups excluding tert-OH is 1. The van der Waals surface area contributed by atoms with Crippen molar-refractivity contribution in [3.63, 3.8) is 0 Å². The van der Waals surface area contributed by atoms with Gasteiger partial charge in [-0.05, 0) is 68.1 Å². The van der Waals surface area contributed by atoms with E-state index < -0.39 is 0 Å². The summed E-state index contributed by atoms with van der Waals surface area (Å²) in [5.74, 6) is 0.379. The van der Waals surface area contributed by atoms with Crippen molar-refractivity contribution >= 4 is 61.2 Å². The minimum absolute atomic E-state index is 0.0242. The second-order valence-corrected chi connectivity index (χ2v) is 11.0. The molecule has 6 rings (SSSR count). The zero-order valence-corrected chi connectivity index (χ0v) is 21.0. The standard InChI is InChI=1S/C27H27ClN4O2S/c1-15-13-29-25-24-19-4-5-21(31-22(19)6-7-23(24)35-26(25)27(34)30-15)18-3-2-17(12-20(18)28)32-10-8-16(14-33)9-11-32/h2-7,12,15-16,29,33H,8-11,13-14H2,1H3,(H,30,34)/t15-/m1/s1. The number of amides is 1. The van der Waals surface area contributed by atoms with Crippen molar-refractivity contribution < 1.29 is 9.90 Å². The molecule has 1 amide bonds. The molecule has 4 heterocycles. The van der Waals surface area contributed by atoms with Crippen LogP contribution in [-0.2, 0) is 0 Å². The zero-order chi connectivity index (χ0) is 24.1. The highest BCUT2D eigenvalue weighted by atomic mass is 35.5. The number of anilines is 2. The van der Waals surface area contributed by atoms with Crippen LogP contribution in [0.25, 0.3) is 32.2 Å². The van der Waals surface area contributed by atoms with Gasteiger partial charge in [0, 0.05) is 59.0 Å². The number of hydrogen-bond donors (Lipinski definition) is 3. The largest absolute Gasteiger partial charge is 0.396 e. The number of aliphatic hydroxyl groups is 1. The normalized spacial score (nSPS) is 18.9. The van der Waals surface area contributed by atoms with Crippen LogP contribution in [0.1, 0.15) is 29.4 Å². The van der Waals surface area contributed by atoms with Gasteiger partial charge in [-0.1, -0.05) is 11.6 Å². The molecule has 0 radical (unpaired) electrons. The molecule has 1 saturated heterocycles. The van der Waals surface area contributed by atoms with Crippen LogP contribution in [0.4, 0.5) is 11.4 Å². The molecule has 3 N–H and O–H groups in total. The topological polar surface area (TPSA) is 77.5 Å². The van der Waals surface area contributed by atoms with E-state index in [2.05, 4.69) is 27.7 Å². The second kappa shape index (κ2) is 8.97. The molecule has 0 saturated carbocycles. The molecule has 4 aromatic rings. The molecule has 6 nitrogen and oxygen atoms in total. The molecule has 0 unspecified atom stereocenters. The van der Waals surface area contributed by atoms with Crippen LogP contribution >= 0.6 is 22.9 Å². The molecule has 0 spiro atoms. The summed E-state index contributed by atoms with van der Waals surface area (Å²) in [6.45, 7) is 4.82. The molecule has 2 aliphatic heterocycles. The van der Waals surface area contributed by atoms with Gasteiger partial charge in [-0.15, -0.1) is 11.3 Å². The van der Waals surface area contributed by atoms with Crippen molar-refractivity contribution in [2.45, 2.75) is 25.8 Å². The van der Waals surface area contributed by atoms with Crippen molar-refractivity contribution in [3.05, 3.63) is 52.4 Å². The summed E-state index contributed by atoms with van der Waals surface area (Å²) in [5.41, 5.74) is 4.61. The number of piperidine rings is 1. The van der Waals surface area contributed by atoms with Crippen molar-refractivity contribution in [2.24, 2.45) is 5.92 Å². The van der Waals surface area contributed by atoms with Crippen molar-refractivity contribution in [1.82, 2.24) is 10.3 Å². The number of benzene rings is 2. The lowest BCUT2D eigenvalue weighted by atomic mass is 9.97. The van der Waals surface area contributed by atoms with E-state index in [-0.39, 0.29) is 18.6 Å². The van der Waals surface area contributed by atoms with Crippen LogP contribution in [0.5, 0.6) is 0 Å². The Morgan fingerprint density at radius 2 is 2.00 bits per heavy atom. The van der Waals surface area contributed by atoms with Gasteiger partial charge in [0.05, 0.1) is 21.9 Å². The Hall–Kier alpha value is -2.87. The molecule has 8 heteroatoms. The molecule has 0 aliphatic carbocycles. The maximum atomic E-state index is 12.7. The van der Waals surface area contributed by atoms with Crippen molar-refractivity contribution in [1.29, 1.82) is 0 Å². The Morgan fingerprint density at radius 3 is 2.77 bits per heavy atom. The van der Waals surface area contributed by atoms with E-state index in [1.807, 2.05) is 37.3 Å². The third-order valence-electron chi connectivity index (χ3n) is 7.16. The van der Waals surface area contributed by atoms with E-state index in [9.17, 15) is 9.90 Å². The summed E-state index contributed by atoms with van der Waals surface area (Å²) in [4.78, 5) is 20.7. The zero-order valence-electron chi connectivity index (χ0n) is 19.5. The third kappa shape index (κ3) is 4.01. The highest BCUT2D eigenvalue weighted by Gasteiger charge is 2.25. The summed E-state index contributed by atoms with van der Waals surface area (Å²) in [6.07, 6.45) is 2.00. The summed E-state index contributed by atoms with van der Waals surface area (Å²) < 4.78 is 1.07. The first-order chi connectivity index (χ1) is 17.0. The molecule has 2 aromatic carbocycles. The van der Waals surface area contributed by atoms with E-state index >= 15 is 0 Å². The van der Waals surface area contributed by atoms with Gasteiger partial charge in [0.1, 0.15) is 4.88 Å². The van der Waals surface area contributed by atoms with E-state index in [0.717, 1.165) is 74.4 Å². The van der Waals surface area contributed by atoms with Gasteiger partial charge in [-0.3, -0.25) is 4.79 Å². The molecule has 1 atom stereocenters. The number of carbonyl (C=O) groups excluding carboxylic acids is 1. The first-order valence-corrected chi connectivity index (χ1v) is 13.3. The number of halogens is 1. The predicted molar refractivity (Wildman–Crippen MR) is 145 cm³/mol. The van der Waals surface area contributed by atoms with Crippen molar-refractivity contribution in [2.75, 3.05) is 36.5 Å². The Bertz CT molecular complexity index is 1440. The summed E-state index contributed by atoms with van der Waals surface area (Å²) >= 11 is 8.27. The van der Waals surface area contributed by atoms with E-state index in [4.69, 9.17) is 16.6 Å². The molecule has 2 aromatic heterocycles. The number of nitrogens with zero attached hydrogens (tertiary/aromatic N) is 2. The van der Waals surface area contributed by atoms with Crippen LogP contribution < -0.4 is 15.5 Å². The number of rotatable bonds is 3. The Morgan fingerprint density at radius 1 is 1.17 bits per heavy atom. The second-order valence-electron chi connectivity index (χ2n) is 9.54. The lowest BCUT2D eigenvalue weighted by molar-refractivity contribution is 0.0949. The number of nitrogens with one attached hydrogen (secondary N) is 2. The lowest BCUT2D eigenvalue weighted by Crippen LogP contribution is -2.34. The summed E-state index contributed by atoms with van der Waals surface area (Å²) in [6, 6.07) is 14.4. The molecule has 180 valence electrons. The predicted octanol–water partition coefficient (Wildman–Crippen LogP) is 5.52. The van der Waals surface area contributed by atoms with Gasteiger partial charge >= 0.3 is 0 Å². The summed E-state index contributed by atoms with van der Waals surface area (Å²) in [7, 11) is 0. The van der Waals surface area contributed by atoms with Gasteiger partial charge in [0.25, 0.3) is 5.91 Å². The average Bonchev–Trinajstić information content (AvgIpc) is 3.20. The molecular weight excluding hydrogens is 480 g/mol. The number of aromatic nitrogens is 1. The molecular formula is C27H27ClN4O2S. The fourth-order valence-electron chi connectivity index (χ4n) is 5.16. The Kier molecular flexibility index (Phi) is 5.79. The maximum Gasteiger partial charge on any atom is 0.263 e. The van der Waals surface area contributed by atoms with Gasteiger partial charge in [0.15, 0.2) is 0 Å². The van der Waals surface area contributed by atoms with Crippen LogP contribution in [-0.4, -0.2) is 48.3 Å². The first kappa shape index (κ1) is 22.6. The molecule has 0 bridgehead atoms. The minimum Gasteiger partial charge on any atom is -0.396 e. The number of carbonyl (C=O) groups is 1. The van der Waals surface area contributed by atoms with Gasteiger partial charge < -0.3 is 20.6 Å². The quantitative estimate of drug-likeness (QED) is 0.341. The molecule has 2 aliphatic rings. The average molecular weight is 507 g/mol. The lowest BCUT2D eigenvalue weighted by Gasteiger charge is -2.33. The number of thiophene rings is 1. The number of pyridine rings is 1. The minimum atomic E-state index is -0.0242. The number of hydrogen-bond acceptors (Lipinski definition) is 6. The SMILES string of the molecule is C[C@@H]1CNc2c(sc3ccc4nc(-c5ccc(N6CCC(CO)CC6)cc5Cl)ccc4c23)C(=O)N1. The monoisotopic (exact) mass is 506 g/mol. The van der Waals surface area contributed by atoms with E-state index in [1.54, 1.807) is 0 Å². The third-order valence-corrected chi connectivity index (χ3v) is 8.62. The fraction of sp³-hybridized carbons (Fsp3) is 0.333. The maximum absolute atomic E-state index is 12.7. The first-order valence-electron chi connectivity index (χ1n) is 12.1. The van der Waals surface area contributed by atoms with Gasteiger partial charge in [-0.25, -0.2) is 4.98 Å². The Labute approximate surface area is 212 Å². The van der Waals surface area contributed by atoms with E-state index in [0.29, 0.717) is 17.5 Å². The molecule has 1 fully saturated rings. The number of fused-ring (bicyclic) bond motifs is 5. The van der Waals surface area contributed by atoms with Crippen LogP contribution in [0.2, 0.25) is 5.02 Å². The summed E-state index contributed by atoms with van der Waals surface area (Å²) in [5, 5.41) is 18.7. The van der Waals surface area contributed by atoms with Crippen LogP contribution in [0, 0.1) is 5.92 Å². The fourth-order valence-corrected chi connectivity index (χ4v) is 6.53. The Balaban J connectivity index is 1.36.